The van der Waals surface area contributed by atoms with Crippen LogP contribution in [0.2, 0.25) is 0 Å². The van der Waals surface area contributed by atoms with Gasteiger partial charge in [-0.2, -0.15) is 0 Å². The molecule has 92 valence electrons. The molecule has 0 nitrogen and oxygen atoms in total. The average Bonchev–Trinajstić information content (AvgIpc) is 2.98. The van der Waals surface area contributed by atoms with Crippen molar-refractivity contribution >= 4 is 0 Å². The smallest absolute Gasteiger partial charge is 0.0133 e. The van der Waals surface area contributed by atoms with Crippen LogP contribution in [0.25, 0.3) is 0 Å². The first-order valence-corrected chi connectivity index (χ1v) is 7.32. The van der Waals surface area contributed by atoms with Crippen molar-refractivity contribution in [1.29, 1.82) is 0 Å². The van der Waals surface area contributed by atoms with E-state index in [0.29, 0.717) is 11.3 Å². The standard InChI is InChI=1S/C18H20/c1-4-9-16-14(6-1)10-11-17(16)18(12-5-13-18)15-7-2-3-8-15/h1-4,6-7,9,11,14,16H,5,8,10,12-13H2. The van der Waals surface area contributed by atoms with Crippen molar-refractivity contribution < 1.29 is 0 Å². The van der Waals surface area contributed by atoms with Crippen molar-refractivity contribution in [1.82, 2.24) is 0 Å². The van der Waals surface area contributed by atoms with Crippen LogP contribution in [0.1, 0.15) is 32.1 Å². The van der Waals surface area contributed by atoms with Crippen molar-refractivity contribution in [3.63, 3.8) is 0 Å². The normalized spacial score (nSPS) is 35.1. The lowest BCUT2D eigenvalue weighted by atomic mass is 9.57. The summed E-state index contributed by atoms with van der Waals surface area (Å²) in [5.74, 6) is 1.44. The summed E-state index contributed by atoms with van der Waals surface area (Å²) in [5, 5.41) is 0. The minimum absolute atomic E-state index is 0.443. The molecule has 2 unspecified atom stereocenters. The third-order valence-corrected chi connectivity index (χ3v) is 5.36. The van der Waals surface area contributed by atoms with Crippen LogP contribution >= 0.6 is 0 Å². The summed E-state index contributed by atoms with van der Waals surface area (Å²) < 4.78 is 0. The fraction of sp³-hybridized carbons (Fsp3) is 0.444. The monoisotopic (exact) mass is 236 g/mol. The molecule has 0 heteroatoms. The Kier molecular flexibility index (Phi) is 2.27. The summed E-state index contributed by atoms with van der Waals surface area (Å²) in [6.45, 7) is 0. The highest BCUT2D eigenvalue weighted by Crippen LogP contribution is 2.59. The Hall–Kier alpha value is -1.30. The highest BCUT2D eigenvalue weighted by Gasteiger charge is 2.47. The van der Waals surface area contributed by atoms with E-state index in [9.17, 15) is 0 Å². The molecule has 0 bridgehead atoms. The molecule has 0 aromatic rings. The Morgan fingerprint density at radius 1 is 1.06 bits per heavy atom. The van der Waals surface area contributed by atoms with Crippen LogP contribution in [-0.2, 0) is 0 Å². The fourth-order valence-corrected chi connectivity index (χ4v) is 4.25. The first-order valence-electron chi connectivity index (χ1n) is 7.32. The Bertz CT molecular complexity index is 506. The fourth-order valence-electron chi connectivity index (χ4n) is 4.25. The lowest BCUT2D eigenvalue weighted by molar-refractivity contribution is 0.219. The summed E-state index contributed by atoms with van der Waals surface area (Å²) >= 11 is 0. The van der Waals surface area contributed by atoms with E-state index in [0.717, 1.165) is 5.92 Å². The molecule has 0 radical (unpaired) electrons. The zero-order chi connectivity index (χ0) is 12.0. The van der Waals surface area contributed by atoms with Crippen LogP contribution in [-0.4, -0.2) is 0 Å². The average molecular weight is 236 g/mol. The van der Waals surface area contributed by atoms with Crippen LogP contribution in [0.4, 0.5) is 0 Å². The molecule has 2 atom stereocenters. The maximum Gasteiger partial charge on any atom is 0.0133 e. The third kappa shape index (κ3) is 1.32. The lowest BCUT2D eigenvalue weighted by Crippen LogP contribution is -2.36. The Morgan fingerprint density at radius 3 is 2.67 bits per heavy atom. The van der Waals surface area contributed by atoms with Gasteiger partial charge in [-0.15, -0.1) is 0 Å². The van der Waals surface area contributed by atoms with Gasteiger partial charge in [0.15, 0.2) is 0 Å². The van der Waals surface area contributed by atoms with Gasteiger partial charge < -0.3 is 0 Å². The summed E-state index contributed by atoms with van der Waals surface area (Å²) in [7, 11) is 0. The van der Waals surface area contributed by atoms with E-state index in [-0.39, 0.29) is 0 Å². The van der Waals surface area contributed by atoms with Crippen molar-refractivity contribution in [2.45, 2.75) is 32.1 Å². The molecule has 4 rings (SSSR count). The molecule has 0 spiro atoms. The van der Waals surface area contributed by atoms with Gasteiger partial charge in [0.2, 0.25) is 0 Å². The molecule has 0 N–H and O–H groups in total. The van der Waals surface area contributed by atoms with Gasteiger partial charge in [0.1, 0.15) is 0 Å². The van der Waals surface area contributed by atoms with Crippen LogP contribution in [0.5, 0.6) is 0 Å². The SMILES string of the molecule is C1=CCC(C2(C3=CCC4C=CC=CC34)CCC2)=C1. The molecule has 18 heavy (non-hydrogen) atoms. The Morgan fingerprint density at radius 2 is 1.94 bits per heavy atom. The molecular weight excluding hydrogens is 216 g/mol. The van der Waals surface area contributed by atoms with E-state index in [1.165, 1.54) is 32.1 Å². The number of rotatable bonds is 2. The van der Waals surface area contributed by atoms with Gasteiger partial charge in [-0.1, -0.05) is 66.2 Å². The van der Waals surface area contributed by atoms with Crippen LogP contribution in [0.3, 0.4) is 0 Å². The number of fused-ring (bicyclic) bond motifs is 1. The minimum atomic E-state index is 0.443. The third-order valence-electron chi connectivity index (χ3n) is 5.36. The van der Waals surface area contributed by atoms with Gasteiger partial charge in [0.05, 0.1) is 0 Å². The molecule has 0 amide bonds. The predicted octanol–water partition coefficient (Wildman–Crippen LogP) is 4.73. The maximum atomic E-state index is 2.56. The molecule has 0 saturated heterocycles. The number of hydrogen-bond donors (Lipinski definition) is 0. The van der Waals surface area contributed by atoms with Crippen molar-refractivity contribution in [3.05, 3.63) is 59.8 Å². The lowest BCUT2D eigenvalue weighted by Gasteiger charge is -2.47. The van der Waals surface area contributed by atoms with Gasteiger partial charge in [0.25, 0.3) is 0 Å². The Labute approximate surface area is 109 Å². The predicted molar refractivity (Wildman–Crippen MR) is 76.1 cm³/mol. The number of hydrogen-bond acceptors (Lipinski definition) is 0. The molecule has 0 heterocycles. The summed E-state index contributed by atoms with van der Waals surface area (Å²) in [6.07, 6.45) is 25.4. The Balaban J connectivity index is 1.69. The zero-order valence-electron chi connectivity index (χ0n) is 10.8. The zero-order valence-corrected chi connectivity index (χ0v) is 10.8. The van der Waals surface area contributed by atoms with Gasteiger partial charge in [0, 0.05) is 11.3 Å². The minimum Gasteiger partial charge on any atom is -0.0832 e. The van der Waals surface area contributed by atoms with Crippen molar-refractivity contribution in [3.8, 4) is 0 Å². The first kappa shape index (κ1) is 10.6. The molecule has 0 aliphatic heterocycles. The van der Waals surface area contributed by atoms with E-state index < -0.39 is 0 Å². The van der Waals surface area contributed by atoms with E-state index >= 15 is 0 Å². The van der Waals surface area contributed by atoms with Crippen LogP contribution in [0, 0.1) is 17.3 Å². The molecule has 0 aromatic heterocycles. The molecule has 1 fully saturated rings. The second-order valence-corrected chi connectivity index (χ2v) is 6.11. The van der Waals surface area contributed by atoms with Gasteiger partial charge in [-0.3, -0.25) is 0 Å². The largest absolute Gasteiger partial charge is 0.0832 e. The maximum absolute atomic E-state index is 2.56. The van der Waals surface area contributed by atoms with Gasteiger partial charge >= 0.3 is 0 Å². The molecule has 1 saturated carbocycles. The highest BCUT2D eigenvalue weighted by molar-refractivity contribution is 5.44. The molecule has 4 aliphatic rings. The quantitative estimate of drug-likeness (QED) is 0.608. The highest BCUT2D eigenvalue weighted by atomic mass is 14.5. The van der Waals surface area contributed by atoms with E-state index in [4.69, 9.17) is 0 Å². The van der Waals surface area contributed by atoms with Crippen molar-refractivity contribution in [2.24, 2.45) is 17.3 Å². The molecule has 0 aromatic carbocycles. The van der Waals surface area contributed by atoms with Crippen LogP contribution in [0.15, 0.2) is 59.8 Å². The number of allylic oxidation sites excluding steroid dienone is 10. The molecule has 4 aliphatic carbocycles. The van der Waals surface area contributed by atoms with Crippen LogP contribution < -0.4 is 0 Å². The van der Waals surface area contributed by atoms with Gasteiger partial charge in [-0.25, -0.2) is 0 Å². The van der Waals surface area contributed by atoms with E-state index in [1.807, 2.05) is 0 Å². The molecular formula is C18H20. The van der Waals surface area contributed by atoms with Gasteiger partial charge in [-0.05, 0) is 31.6 Å². The first-order chi connectivity index (χ1) is 8.90. The second kappa shape index (κ2) is 3.85. The summed E-state index contributed by atoms with van der Waals surface area (Å²) in [4.78, 5) is 0. The van der Waals surface area contributed by atoms with E-state index in [2.05, 4.69) is 48.6 Å². The summed E-state index contributed by atoms with van der Waals surface area (Å²) in [5.41, 5.74) is 3.87. The second-order valence-electron chi connectivity index (χ2n) is 6.11. The summed E-state index contributed by atoms with van der Waals surface area (Å²) in [6, 6.07) is 0. The topological polar surface area (TPSA) is 0 Å². The van der Waals surface area contributed by atoms with Crippen molar-refractivity contribution in [2.75, 3.05) is 0 Å². The van der Waals surface area contributed by atoms with E-state index in [1.54, 1.807) is 11.1 Å².